The Hall–Kier alpha value is -5.20. The van der Waals surface area contributed by atoms with Crippen LogP contribution in [0.3, 0.4) is 0 Å². The summed E-state index contributed by atoms with van der Waals surface area (Å²) in [5, 5.41) is 44.8. The van der Waals surface area contributed by atoms with Crippen LogP contribution in [0.15, 0.2) is 83.0 Å². The minimum absolute atomic E-state index is 0.0374. The summed E-state index contributed by atoms with van der Waals surface area (Å²) in [6.07, 6.45) is 2.46. The molecule has 3 rings (SSSR count). The Bertz CT molecular complexity index is 1220. The van der Waals surface area contributed by atoms with Crippen LogP contribution in [0.5, 0.6) is 0 Å². The van der Waals surface area contributed by atoms with Crippen LogP contribution >= 0.6 is 0 Å². The number of hydrogen-bond acceptors (Lipinski definition) is 10. The number of non-ortho nitro benzene ring substituents is 3. The number of nitro groups is 3. The maximum atomic E-state index is 11.1. The van der Waals surface area contributed by atoms with Crippen LogP contribution in [0, 0.1) is 30.3 Å². The first-order valence-electron chi connectivity index (χ1n) is 10.4. The van der Waals surface area contributed by atoms with Gasteiger partial charge in [-0.25, -0.2) is 0 Å². The van der Waals surface area contributed by atoms with Gasteiger partial charge in [-0.2, -0.15) is 10.2 Å². The molecule has 0 saturated carbocycles. The highest BCUT2D eigenvalue weighted by Gasteiger charge is 2.21. The number of hydrogen-bond donors (Lipinski definition) is 0. The molecule has 184 valence electrons. The van der Waals surface area contributed by atoms with Crippen molar-refractivity contribution in [1.82, 2.24) is 10.0 Å². The lowest BCUT2D eigenvalue weighted by atomic mass is 10.1. The van der Waals surface area contributed by atoms with Crippen molar-refractivity contribution in [3.05, 3.63) is 120 Å². The Labute approximate surface area is 205 Å². The summed E-state index contributed by atoms with van der Waals surface area (Å²) in [6, 6.07) is 17.7. The molecule has 3 aromatic rings. The summed E-state index contributed by atoms with van der Waals surface area (Å²) in [5.74, 6) is 0. The zero-order valence-electron chi connectivity index (χ0n) is 19.2. The van der Waals surface area contributed by atoms with E-state index in [1.54, 1.807) is 60.5 Å². The molecule has 0 heterocycles. The topological polar surface area (TPSA) is 161 Å². The first-order valence-corrected chi connectivity index (χ1v) is 10.4. The smallest absolute Gasteiger partial charge is 0.269 e. The third-order valence-corrected chi connectivity index (χ3v) is 5.10. The SMILES string of the molecule is CN(N=Cc1ccc([N+](=O)[O-])cc1)C(c1ccc([N+](=O)[O-])cc1)N(C)N=Cc1ccc([N+](=O)[O-])cc1. The fraction of sp³-hybridized carbons (Fsp3) is 0.130. The molecule has 0 aromatic heterocycles. The van der Waals surface area contributed by atoms with Crippen LogP contribution in [-0.2, 0) is 0 Å². The Kier molecular flexibility index (Phi) is 7.97. The van der Waals surface area contributed by atoms with Gasteiger partial charge in [-0.15, -0.1) is 0 Å². The molecule has 13 heteroatoms. The van der Waals surface area contributed by atoms with Crippen LogP contribution in [0.25, 0.3) is 0 Å². The molecular weight excluding hydrogens is 470 g/mol. The zero-order chi connectivity index (χ0) is 26.2. The predicted molar refractivity (Wildman–Crippen MR) is 133 cm³/mol. The van der Waals surface area contributed by atoms with Gasteiger partial charge in [0.1, 0.15) is 0 Å². The lowest BCUT2D eigenvalue weighted by Crippen LogP contribution is -2.31. The van der Waals surface area contributed by atoms with Crippen molar-refractivity contribution in [2.75, 3.05) is 14.1 Å². The monoisotopic (exact) mass is 491 g/mol. The second-order valence-electron chi connectivity index (χ2n) is 7.56. The molecular formula is C23H21N7O6. The summed E-state index contributed by atoms with van der Waals surface area (Å²) in [5.41, 5.74) is 1.78. The average molecular weight is 491 g/mol. The van der Waals surface area contributed by atoms with E-state index in [0.717, 1.165) is 0 Å². The van der Waals surface area contributed by atoms with E-state index in [9.17, 15) is 30.3 Å². The molecule has 0 aliphatic rings. The van der Waals surface area contributed by atoms with Crippen molar-refractivity contribution in [3.63, 3.8) is 0 Å². The third kappa shape index (κ3) is 6.44. The standard InChI is InChI=1S/C23H21N7O6/c1-26(24-15-17-3-9-20(10-4-17)28(31)32)23(19-7-13-22(14-8-19)30(35)36)27(2)25-16-18-5-11-21(12-6-18)29(33)34/h3-16,23H,1-2H3. The second-order valence-corrected chi connectivity index (χ2v) is 7.56. The Morgan fingerprint density at radius 3 is 1.22 bits per heavy atom. The molecule has 0 radical (unpaired) electrons. The van der Waals surface area contributed by atoms with Gasteiger partial charge in [0.15, 0.2) is 6.17 Å². The molecule has 0 atom stereocenters. The summed E-state index contributed by atoms with van der Waals surface area (Å²) < 4.78 is 0. The Morgan fingerprint density at radius 1 is 0.611 bits per heavy atom. The Morgan fingerprint density at radius 2 is 0.917 bits per heavy atom. The number of nitro benzene ring substituents is 3. The van der Waals surface area contributed by atoms with Crippen LogP contribution < -0.4 is 0 Å². The van der Waals surface area contributed by atoms with E-state index in [2.05, 4.69) is 10.2 Å². The second kappa shape index (κ2) is 11.3. The number of benzene rings is 3. The summed E-state index contributed by atoms with van der Waals surface area (Å²) in [6.45, 7) is 0. The van der Waals surface area contributed by atoms with Gasteiger partial charge in [0.25, 0.3) is 17.1 Å². The largest absolute Gasteiger partial charge is 0.272 e. The maximum absolute atomic E-state index is 11.1. The van der Waals surface area contributed by atoms with Gasteiger partial charge < -0.3 is 0 Å². The van der Waals surface area contributed by atoms with Crippen molar-refractivity contribution < 1.29 is 14.8 Å². The summed E-state index contributed by atoms with van der Waals surface area (Å²) in [4.78, 5) is 31.3. The zero-order valence-corrected chi connectivity index (χ0v) is 19.2. The van der Waals surface area contributed by atoms with E-state index >= 15 is 0 Å². The average Bonchev–Trinajstić information content (AvgIpc) is 2.87. The molecule has 36 heavy (non-hydrogen) atoms. The van der Waals surface area contributed by atoms with Gasteiger partial charge >= 0.3 is 0 Å². The molecule has 0 aliphatic carbocycles. The van der Waals surface area contributed by atoms with Gasteiger partial charge in [-0.3, -0.25) is 40.4 Å². The molecule has 0 amide bonds. The molecule has 3 aromatic carbocycles. The minimum Gasteiger partial charge on any atom is -0.272 e. The molecule has 0 N–H and O–H groups in total. The van der Waals surface area contributed by atoms with E-state index in [1.807, 2.05) is 0 Å². The predicted octanol–water partition coefficient (Wildman–Crippen LogP) is 4.34. The lowest BCUT2D eigenvalue weighted by molar-refractivity contribution is -0.385. The highest BCUT2D eigenvalue weighted by Crippen LogP contribution is 2.26. The van der Waals surface area contributed by atoms with E-state index in [0.29, 0.717) is 16.7 Å². The maximum Gasteiger partial charge on any atom is 0.269 e. The minimum atomic E-state index is -0.589. The van der Waals surface area contributed by atoms with E-state index in [1.165, 1.54) is 48.8 Å². The van der Waals surface area contributed by atoms with Crippen molar-refractivity contribution in [2.45, 2.75) is 6.17 Å². The van der Waals surface area contributed by atoms with Crippen LogP contribution in [0.2, 0.25) is 0 Å². The fourth-order valence-electron chi connectivity index (χ4n) is 3.25. The molecule has 0 fully saturated rings. The van der Waals surface area contributed by atoms with Crippen LogP contribution in [-0.4, -0.2) is 51.3 Å². The quantitative estimate of drug-likeness (QED) is 0.175. The lowest BCUT2D eigenvalue weighted by Gasteiger charge is -2.32. The first-order chi connectivity index (χ1) is 17.2. The molecule has 0 bridgehead atoms. The van der Waals surface area contributed by atoms with Crippen molar-refractivity contribution in [2.24, 2.45) is 10.2 Å². The van der Waals surface area contributed by atoms with Crippen molar-refractivity contribution in [1.29, 1.82) is 0 Å². The van der Waals surface area contributed by atoms with Crippen LogP contribution in [0.4, 0.5) is 17.1 Å². The van der Waals surface area contributed by atoms with Crippen molar-refractivity contribution >= 4 is 29.5 Å². The number of rotatable bonds is 10. The van der Waals surface area contributed by atoms with E-state index in [4.69, 9.17) is 0 Å². The molecule has 0 spiro atoms. The third-order valence-electron chi connectivity index (χ3n) is 5.10. The number of nitrogens with zero attached hydrogens (tertiary/aromatic N) is 7. The van der Waals surface area contributed by atoms with Gasteiger partial charge in [-0.1, -0.05) is 0 Å². The summed E-state index contributed by atoms with van der Waals surface area (Å²) >= 11 is 0. The first kappa shape index (κ1) is 25.4. The normalized spacial score (nSPS) is 11.9. The molecule has 0 unspecified atom stereocenters. The molecule has 13 nitrogen and oxygen atoms in total. The Balaban J connectivity index is 1.86. The van der Waals surface area contributed by atoms with Gasteiger partial charge in [0.05, 0.1) is 27.2 Å². The molecule has 0 aliphatic heterocycles. The highest BCUT2D eigenvalue weighted by atomic mass is 16.6. The highest BCUT2D eigenvalue weighted by molar-refractivity contribution is 5.80. The van der Waals surface area contributed by atoms with E-state index < -0.39 is 20.9 Å². The summed E-state index contributed by atoms with van der Waals surface area (Å²) in [7, 11) is 3.37. The molecule has 0 saturated heterocycles. The number of hydrazone groups is 2. The van der Waals surface area contributed by atoms with Crippen molar-refractivity contribution in [3.8, 4) is 0 Å². The fourth-order valence-corrected chi connectivity index (χ4v) is 3.25. The van der Waals surface area contributed by atoms with Gasteiger partial charge in [0.2, 0.25) is 0 Å². The van der Waals surface area contributed by atoms with Gasteiger partial charge in [-0.05, 0) is 53.1 Å². The van der Waals surface area contributed by atoms with E-state index in [-0.39, 0.29) is 17.1 Å². The van der Waals surface area contributed by atoms with Gasteiger partial charge in [0, 0.05) is 50.5 Å². The van der Waals surface area contributed by atoms with Crippen LogP contribution in [0.1, 0.15) is 22.9 Å².